The van der Waals surface area contributed by atoms with Gasteiger partial charge >= 0.3 is 5.97 Å². The Hall–Kier alpha value is -1.59. The largest absolute Gasteiger partial charge is 0.459 e. The summed E-state index contributed by atoms with van der Waals surface area (Å²) in [5.74, 6) is -9.16. The third-order valence-corrected chi connectivity index (χ3v) is 2.43. The molecule has 0 heterocycles. The molecule has 1 aromatic rings. The highest BCUT2D eigenvalue weighted by Gasteiger charge is 2.31. The minimum absolute atomic E-state index is 0.526. The Morgan fingerprint density at radius 1 is 0.895 bits per heavy atom. The fourth-order valence-electron chi connectivity index (χ4n) is 1.66. The number of benzene rings is 1. The SMILES string of the molecule is CC(C)OC(=O)c1c(F)c(F)c(F)c(F)c1C(C)C. The van der Waals surface area contributed by atoms with E-state index in [0.29, 0.717) is 0 Å². The van der Waals surface area contributed by atoms with Gasteiger partial charge in [0.2, 0.25) is 0 Å². The van der Waals surface area contributed by atoms with E-state index < -0.39 is 52.4 Å². The number of hydrogen-bond donors (Lipinski definition) is 0. The molecule has 0 aliphatic rings. The molecule has 1 aromatic carbocycles. The van der Waals surface area contributed by atoms with Crippen LogP contribution in [0.25, 0.3) is 0 Å². The summed E-state index contributed by atoms with van der Waals surface area (Å²) in [6.45, 7) is 5.87. The van der Waals surface area contributed by atoms with Gasteiger partial charge in [-0.3, -0.25) is 0 Å². The van der Waals surface area contributed by atoms with E-state index in [-0.39, 0.29) is 0 Å². The fraction of sp³-hybridized carbons (Fsp3) is 0.462. The summed E-state index contributed by atoms with van der Waals surface area (Å²) in [7, 11) is 0. The molecular formula is C13H14F4O2. The van der Waals surface area contributed by atoms with E-state index in [1.807, 2.05) is 0 Å². The lowest BCUT2D eigenvalue weighted by Crippen LogP contribution is -2.19. The topological polar surface area (TPSA) is 26.3 Å². The third-order valence-electron chi connectivity index (χ3n) is 2.43. The minimum Gasteiger partial charge on any atom is -0.459 e. The van der Waals surface area contributed by atoms with Gasteiger partial charge in [-0.05, 0) is 19.8 Å². The van der Waals surface area contributed by atoms with Gasteiger partial charge in [0.05, 0.1) is 6.10 Å². The summed E-state index contributed by atoms with van der Waals surface area (Å²) in [6.07, 6.45) is -0.594. The summed E-state index contributed by atoms with van der Waals surface area (Å²) < 4.78 is 58.4. The first-order valence-corrected chi connectivity index (χ1v) is 5.75. The zero-order chi connectivity index (χ0) is 14.9. The van der Waals surface area contributed by atoms with Crippen LogP contribution >= 0.6 is 0 Å². The summed E-state index contributed by atoms with van der Waals surface area (Å²) in [4.78, 5) is 11.7. The molecule has 19 heavy (non-hydrogen) atoms. The molecule has 0 N–H and O–H groups in total. The molecule has 0 atom stereocenters. The van der Waals surface area contributed by atoms with E-state index in [4.69, 9.17) is 4.74 Å². The predicted octanol–water partition coefficient (Wildman–Crippen LogP) is 3.93. The van der Waals surface area contributed by atoms with Gasteiger partial charge < -0.3 is 4.74 Å². The Balaban J connectivity index is 3.56. The van der Waals surface area contributed by atoms with Crippen molar-refractivity contribution in [1.82, 2.24) is 0 Å². The van der Waals surface area contributed by atoms with Crippen molar-refractivity contribution in [2.75, 3.05) is 0 Å². The van der Waals surface area contributed by atoms with Crippen LogP contribution in [0, 0.1) is 23.3 Å². The van der Waals surface area contributed by atoms with Crippen LogP contribution in [0.4, 0.5) is 17.6 Å². The van der Waals surface area contributed by atoms with Crippen LogP contribution in [-0.2, 0) is 4.74 Å². The molecule has 0 aliphatic heterocycles. The van der Waals surface area contributed by atoms with Gasteiger partial charge in [0.15, 0.2) is 23.3 Å². The maximum atomic E-state index is 13.7. The van der Waals surface area contributed by atoms with Crippen LogP contribution in [0.3, 0.4) is 0 Å². The number of hydrogen-bond acceptors (Lipinski definition) is 2. The number of ether oxygens (including phenoxy) is 1. The molecule has 6 heteroatoms. The Labute approximate surface area is 108 Å². The second-order valence-corrected chi connectivity index (χ2v) is 4.65. The molecule has 0 aliphatic carbocycles. The molecule has 0 amide bonds. The molecule has 0 saturated heterocycles. The Morgan fingerprint density at radius 3 is 1.79 bits per heavy atom. The van der Waals surface area contributed by atoms with Gasteiger partial charge in [0.1, 0.15) is 5.56 Å². The number of carbonyl (C=O) groups is 1. The summed E-state index contributed by atoms with van der Waals surface area (Å²) in [6, 6.07) is 0. The van der Waals surface area contributed by atoms with E-state index in [2.05, 4.69) is 0 Å². The van der Waals surface area contributed by atoms with E-state index in [1.165, 1.54) is 27.7 Å². The van der Waals surface area contributed by atoms with Crippen LogP contribution in [0.2, 0.25) is 0 Å². The highest BCUT2D eigenvalue weighted by Crippen LogP contribution is 2.30. The van der Waals surface area contributed by atoms with Crippen molar-refractivity contribution in [3.63, 3.8) is 0 Å². The number of carbonyl (C=O) groups excluding carboxylic acids is 1. The first-order chi connectivity index (χ1) is 8.68. The second kappa shape index (κ2) is 5.59. The zero-order valence-corrected chi connectivity index (χ0v) is 11.0. The molecule has 0 spiro atoms. The Bertz CT molecular complexity index is 510. The summed E-state index contributed by atoms with van der Waals surface area (Å²) in [5, 5.41) is 0. The van der Waals surface area contributed by atoms with Crippen molar-refractivity contribution in [3.8, 4) is 0 Å². The molecule has 1 rings (SSSR count). The minimum atomic E-state index is -2.02. The van der Waals surface area contributed by atoms with Crippen molar-refractivity contribution >= 4 is 5.97 Å². The van der Waals surface area contributed by atoms with Crippen molar-refractivity contribution in [2.24, 2.45) is 0 Å². The molecule has 0 saturated carbocycles. The van der Waals surface area contributed by atoms with E-state index in [1.54, 1.807) is 0 Å². The molecular weight excluding hydrogens is 264 g/mol. The first kappa shape index (κ1) is 15.5. The molecule has 106 valence electrons. The average Bonchev–Trinajstić information content (AvgIpc) is 2.29. The summed E-state index contributed by atoms with van der Waals surface area (Å²) >= 11 is 0. The molecule has 0 bridgehead atoms. The smallest absolute Gasteiger partial charge is 0.341 e. The average molecular weight is 278 g/mol. The molecule has 0 fully saturated rings. The fourth-order valence-corrected chi connectivity index (χ4v) is 1.66. The van der Waals surface area contributed by atoms with Crippen LogP contribution < -0.4 is 0 Å². The van der Waals surface area contributed by atoms with Gasteiger partial charge in [-0.15, -0.1) is 0 Å². The van der Waals surface area contributed by atoms with E-state index >= 15 is 0 Å². The number of halogens is 4. The molecule has 0 aromatic heterocycles. The predicted molar refractivity (Wildman–Crippen MR) is 60.9 cm³/mol. The van der Waals surface area contributed by atoms with E-state index in [0.717, 1.165) is 0 Å². The van der Waals surface area contributed by atoms with Crippen LogP contribution in [0.15, 0.2) is 0 Å². The van der Waals surface area contributed by atoms with Gasteiger partial charge in [-0.1, -0.05) is 13.8 Å². The van der Waals surface area contributed by atoms with Gasteiger partial charge in [0, 0.05) is 5.56 Å². The van der Waals surface area contributed by atoms with E-state index in [9.17, 15) is 22.4 Å². The number of rotatable bonds is 3. The standard InChI is InChI=1S/C13H14F4O2/c1-5(2)7-8(13(18)19-6(3)4)10(15)12(17)11(16)9(7)14/h5-6H,1-4H3. The monoisotopic (exact) mass is 278 g/mol. The summed E-state index contributed by atoms with van der Waals surface area (Å²) in [5.41, 5.74) is -1.41. The maximum Gasteiger partial charge on any atom is 0.341 e. The number of esters is 1. The van der Waals surface area contributed by atoms with Crippen molar-refractivity contribution in [3.05, 3.63) is 34.4 Å². The normalized spacial score (nSPS) is 11.3. The van der Waals surface area contributed by atoms with Crippen LogP contribution in [0.5, 0.6) is 0 Å². The zero-order valence-electron chi connectivity index (χ0n) is 11.0. The maximum absolute atomic E-state index is 13.7. The lowest BCUT2D eigenvalue weighted by molar-refractivity contribution is 0.0368. The highest BCUT2D eigenvalue weighted by atomic mass is 19.2. The molecule has 0 radical (unpaired) electrons. The molecule has 2 nitrogen and oxygen atoms in total. The second-order valence-electron chi connectivity index (χ2n) is 4.65. The Kier molecular flexibility index (Phi) is 4.55. The third kappa shape index (κ3) is 2.88. The Morgan fingerprint density at radius 2 is 1.37 bits per heavy atom. The van der Waals surface area contributed by atoms with Crippen molar-refractivity contribution in [1.29, 1.82) is 0 Å². The van der Waals surface area contributed by atoms with Crippen molar-refractivity contribution in [2.45, 2.75) is 39.7 Å². The lowest BCUT2D eigenvalue weighted by Gasteiger charge is -2.16. The van der Waals surface area contributed by atoms with Crippen molar-refractivity contribution < 1.29 is 27.1 Å². The van der Waals surface area contributed by atoms with Gasteiger partial charge in [-0.25, -0.2) is 22.4 Å². The van der Waals surface area contributed by atoms with Gasteiger partial charge in [-0.2, -0.15) is 0 Å². The van der Waals surface area contributed by atoms with Gasteiger partial charge in [0.25, 0.3) is 0 Å². The molecule has 0 unspecified atom stereocenters. The first-order valence-electron chi connectivity index (χ1n) is 5.75. The highest BCUT2D eigenvalue weighted by molar-refractivity contribution is 5.92. The lowest BCUT2D eigenvalue weighted by atomic mass is 9.95. The quantitative estimate of drug-likeness (QED) is 0.362. The van der Waals surface area contributed by atoms with Crippen LogP contribution in [0.1, 0.15) is 49.5 Å². The van der Waals surface area contributed by atoms with Crippen LogP contribution in [-0.4, -0.2) is 12.1 Å².